The Bertz CT molecular complexity index is 778. The van der Waals surface area contributed by atoms with Crippen LogP contribution in [0.1, 0.15) is 12.0 Å². The molecule has 0 aromatic heterocycles. The van der Waals surface area contributed by atoms with Gasteiger partial charge in [-0.05, 0) is 25.0 Å². The molecule has 1 amide bonds. The van der Waals surface area contributed by atoms with E-state index in [4.69, 9.17) is 0 Å². The largest absolute Gasteiger partial charge is 0.375 e. The van der Waals surface area contributed by atoms with Gasteiger partial charge >= 0.3 is 0 Å². The van der Waals surface area contributed by atoms with Crippen molar-refractivity contribution < 1.29 is 13.2 Å². The summed E-state index contributed by atoms with van der Waals surface area (Å²) in [5.41, 5.74) is 1.48. The van der Waals surface area contributed by atoms with Gasteiger partial charge < -0.3 is 10.2 Å². The number of benzene rings is 1. The first kappa shape index (κ1) is 17.0. The minimum atomic E-state index is -3.01. The number of rotatable bonds is 4. The molecule has 2 rings (SSSR count). The van der Waals surface area contributed by atoms with E-state index in [9.17, 15) is 18.5 Å². The lowest BCUT2D eigenvalue weighted by atomic mass is 10.2. The molecule has 1 atom stereocenters. The summed E-state index contributed by atoms with van der Waals surface area (Å²) in [6.07, 6.45) is 1.92. The zero-order valence-electron chi connectivity index (χ0n) is 13.1. The van der Waals surface area contributed by atoms with Gasteiger partial charge in [-0.25, -0.2) is 8.42 Å². The summed E-state index contributed by atoms with van der Waals surface area (Å²) >= 11 is 0. The number of aryl methyl sites for hydroxylation is 1. The van der Waals surface area contributed by atoms with Crippen LogP contribution in [0.15, 0.2) is 36.0 Å². The lowest BCUT2D eigenvalue weighted by Gasteiger charge is -2.21. The summed E-state index contributed by atoms with van der Waals surface area (Å²) < 4.78 is 23.0. The highest BCUT2D eigenvalue weighted by molar-refractivity contribution is 7.91. The second-order valence-electron chi connectivity index (χ2n) is 5.65. The lowest BCUT2D eigenvalue weighted by Crippen LogP contribution is -2.29. The molecule has 1 heterocycles. The second-order valence-corrected chi connectivity index (χ2v) is 7.87. The van der Waals surface area contributed by atoms with Crippen LogP contribution in [0, 0.1) is 18.3 Å². The molecule has 1 aliphatic heterocycles. The van der Waals surface area contributed by atoms with Gasteiger partial charge in [0.05, 0.1) is 11.5 Å². The number of hydrogen-bond donors (Lipinski definition) is 1. The molecule has 1 aliphatic rings. The van der Waals surface area contributed by atoms with Gasteiger partial charge in [0.1, 0.15) is 11.6 Å². The number of anilines is 1. The van der Waals surface area contributed by atoms with E-state index in [1.54, 1.807) is 24.1 Å². The molecule has 0 spiro atoms. The summed E-state index contributed by atoms with van der Waals surface area (Å²) in [6, 6.07) is 8.96. The fraction of sp³-hybridized carbons (Fsp3) is 0.375. The molecule has 1 aromatic rings. The van der Waals surface area contributed by atoms with E-state index in [0.29, 0.717) is 12.1 Å². The summed E-state index contributed by atoms with van der Waals surface area (Å²) in [7, 11) is -1.33. The van der Waals surface area contributed by atoms with E-state index in [2.05, 4.69) is 5.32 Å². The van der Waals surface area contributed by atoms with E-state index in [1.807, 2.05) is 25.1 Å². The van der Waals surface area contributed by atoms with Gasteiger partial charge in [0, 0.05) is 25.0 Å². The molecule has 0 bridgehead atoms. The molecular formula is C16H19N3O3S. The molecule has 23 heavy (non-hydrogen) atoms. The first-order valence-corrected chi connectivity index (χ1v) is 9.06. The van der Waals surface area contributed by atoms with Crippen molar-refractivity contribution >= 4 is 21.4 Å². The zero-order chi connectivity index (χ0) is 17.0. The van der Waals surface area contributed by atoms with Crippen molar-refractivity contribution in [2.24, 2.45) is 0 Å². The average molecular weight is 333 g/mol. The Balaban J connectivity index is 2.11. The molecule has 1 aromatic carbocycles. The summed E-state index contributed by atoms with van der Waals surface area (Å²) in [5, 5.41) is 11.9. The van der Waals surface area contributed by atoms with Crippen molar-refractivity contribution in [2.75, 3.05) is 23.9 Å². The van der Waals surface area contributed by atoms with Crippen molar-refractivity contribution in [3.05, 3.63) is 41.6 Å². The van der Waals surface area contributed by atoms with Crippen LogP contribution in [0.25, 0.3) is 0 Å². The van der Waals surface area contributed by atoms with Gasteiger partial charge in [-0.2, -0.15) is 5.26 Å². The Morgan fingerprint density at radius 1 is 1.43 bits per heavy atom. The SMILES string of the molecule is Cc1ccccc1NC(=O)/C(C#N)=C\N(C)C1CCS(=O)(=O)C1. The molecule has 122 valence electrons. The number of amides is 1. The number of nitrogens with zero attached hydrogens (tertiary/aromatic N) is 2. The fourth-order valence-electron chi connectivity index (χ4n) is 2.45. The molecule has 7 heteroatoms. The van der Waals surface area contributed by atoms with Crippen LogP contribution in [-0.2, 0) is 14.6 Å². The Morgan fingerprint density at radius 2 is 2.13 bits per heavy atom. The van der Waals surface area contributed by atoms with Crippen LogP contribution in [-0.4, -0.2) is 43.8 Å². The second kappa shape index (κ2) is 6.84. The average Bonchev–Trinajstić information content (AvgIpc) is 2.87. The number of para-hydroxylation sites is 1. The third kappa shape index (κ3) is 4.33. The molecule has 1 N–H and O–H groups in total. The van der Waals surface area contributed by atoms with Gasteiger partial charge in [-0.1, -0.05) is 18.2 Å². The van der Waals surface area contributed by atoms with Gasteiger partial charge in [0.15, 0.2) is 9.84 Å². The number of hydrogen-bond acceptors (Lipinski definition) is 5. The normalized spacial score (nSPS) is 19.9. The highest BCUT2D eigenvalue weighted by Gasteiger charge is 2.30. The maximum absolute atomic E-state index is 12.2. The Hall–Kier alpha value is -2.33. The predicted molar refractivity (Wildman–Crippen MR) is 88.3 cm³/mol. The molecule has 1 saturated heterocycles. The Morgan fingerprint density at radius 3 is 2.70 bits per heavy atom. The van der Waals surface area contributed by atoms with E-state index >= 15 is 0 Å². The fourth-order valence-corrected chi connectivity index (χ4v) is 4.23. The number of sulfone groups is 1. The Labute approximate surface area is 136 Å². The van der Waals surface area contributed by atoms with Gasteiger partial charge in [0.2, 0.25) is 0 Å². The zero-order valence-corrected chi connectivity index (χ0v) is 13.9. The number of nitriles is 1. The molecule has 6 nitrogen and oxygen atoms in total. The maximum atomic E-state index is 12.2. The minimum Gasteiger partial charge on any atom is -0.375 e. The van der Waals surface area contributed by atoms with Crippen LogP contribution in [0.3, 0.4) is 0 Å². The summed E-state index contributed by atoms with van der Waals surface area (Å²) in [6.45, 7) is 1.86. The first-order chi connectivity index (χ1) is 10.8. The monoisotopic (exact) mass is 333 g/mol. The molecule has 1 fully saturated rings. The van der Waals surface area contributed by atoms with Crippen LogP contribution in [0.4, 0.5) is 5.69 Å². The van der Waals surface area contributed by atoms with Crippen molar-refractivity contribution in [2.45, 2.75) is 19.4 Å². The number of carbonyl (C=O) groups is 1. The van der Waals surface area contributed by atoms with Gasteiger partial charge in [-0.15, -0.1) is 0 Å². The summed E-state index contributed by atoms with van der Waals surface area (Å²) in [5.74, 6) is -0.305. The minimum absolute atomic E-state index is 0.0537. The van der Waals surface area contributed by atoms with Crippen LogP contribution < -0.4 is 5.32 Å². The van der Waals surface area contributed by atoms with Crippen LogP contribution in [0.5, 0.6) is 0 Å². The van der Waals surface area contributed by atoms with Gasteiger partial charge in [-0.3, -0.25) is 4.79 Å². The highest BCUT2D eigenvalue weighted by atomic mass is 32.2. The molecule has 1 unspecified atom stereocenters. The molecular weight excluding hydrogens is 314 g/mol. The number of nitrogens with one attached hydrogen (secondary N) is 1. The first-order valence-electron chi connectivity index (χ1n) is 7.23. The maximum Gasteiger partial charge on any atom is 0.267 e. The topological polar surface area (TPSA) is 90.3 Å². The standard InChI is InChI=1S/C16H19N3O3S/c1-12-5-3-4-6-15(12)18-16(20)13(9-17)10-19(2)14-7-8-23(21,22)11-14/h3-6,10,14H,7-8,11H2,1-2H3,(H,18,20)/b13-10-. The quantitative estimate of drug-likeness (QED) is 0.665. The molecule has 0 aliphatic carbocycles. The van der Waals surface area contributed by atoms with Crippen molar-refractivity contribution in [1.82, 2.24) is 4.90 Å². The summed E-state index contributed by atoms with van der Waals surface area (Å²) in [4.78, 5) is 13.9. The lowest BCUT2D eigenvalue weighted by molar-refractivity contribution is -0.112. The van der Waals surface area contributed by atoms with Crippen molar-refractivity contribution in [3.63, 3.8) is 0 Å². The number of carbonyl (C=O) groups excluding carboxylic acids is 1. The third-order valence-corrected chi connectivity index (χ3v) is 5.63. The molecule has 0 saturated carbocycles. The third-order valence-electron chi connectivity index (χ3n) is 3.88. The van der Waals surface area contributed by atoms with E-state index in [0.717, 1.165) is 5.56 Å². The van der Waals surface area contributed by atoms with E-state index < -0.39 is 15.7 Å². The van der Waals surface area contributed by atoms with Gasteiger partial charge in [0.25, 0.3) is 5.91 Å². The van der Waals surface area contributed by atoms with Crippen molar-refractivity contribution in [3.8, 4) is 6.07 Å². The molecule has 0 radical (unpaired) electrons. The highest BCUT2D eigenvalue weighted by Crippen LogP contribution is 2.18. The van der Waals surface area contributed by atoms with Crippen LogP contribution in [0.2, 0.25) is 0 Å². The van der Waals surface area contributed by atoms with E-state index in [-0.39, 0.29) is 23.1 Å². The predicted octanol–water partition coefficient (Wildman–Crippen LogP) is 1.46. The van der Waals surface area contributed by atoms with Crippen LogP contribution >= 0.6 is 0 Å². The van der Waals surface area contributed by atoms with E-state index in [1.165, 1.54) is 6.20 Å². The van der Waals surface area contributed by atoms with Crippen molar-refractivity contribution in [1.29, 1.82) is 5.26 Å². The Kier molecular flexibility index (Phi) is 5.06. The smallest absolute Gasteiger partial charge is 0.267 e.